The molecule has 4 nitrogen and oxygen atoms in total. The lowest BCUT2D eigenvalue weighted by Gasteiger charge is -2.35. The highest BCUT2D eigenvalue weighted by atomic mass is 16.5. The molecule has 1 aliphatic heterocycles. The first-order chi connectivity index (χ1) is 5.96. The minimum Gasteiger partial charge on any atom is -0.289 e. The predicted molar refractivity (Wildman–Crippen MR) is 49.4 cm³/mol. The molecule has 2 N–H and O–H groups in total. The van der Waals surface area contributed by atoms with Gasteiger partial charge < -0.3 is 0 Å². The van der Waals surface area contributed by atoms with Gasteiger partial charge in [0.2, 0.25) is 0 Å². The highest BCUT2D eigenvalue weighted by Gasteiger charge is 2.36. The molecule has 4 heteroatoms. The molecule has 0 bridgehead atoms. The summed E-state index contributed by atoms with van der Waals surface area (Å²) < 4.78 is 0. The van der Waals surface area contributed by atoms with Crippen LogP contribution in [0.3, 0.4) is 0 Å². The molecule has 0 spiro atoms. The zero-order valence-corrected chi connectivity index (χ0v) is 8.50. The van der Waals surface area contributed by atoms with Crippen LogP contribution in [0.5, 0.6) is 0 Å². The summed E-state index contributed by atoms with van der Waals surface area (Å²) in [4.78, 5) is 13.4. The van der Waals surface area contributed by atoms with Crippen molar-refractivity contribution in [2.75, 3.05) is 6.54 Å². The maximum atomic E-state index is 11.3. The van der Waals surface area contributed by atoms with Crippen LogP contribution >= 0.6 is 0 Å². The minimum atomic E-state index is -0.285. The summed E-state index contributed by atoms with van der Waals surface area (Å²) in [5.74, 6) is -0.285. The molecule has 1 saturated heterocycles. The fourth-order valence-electron chi connectivity index (χ4n) is 1.92. The van der Waals surface area contributed by atoms with Crippen molar-refractivity contribution in [2.45, 2.75) is 45.2 Å². The van der Waals surface area contributed by atoms with E-state index in [0.717, 1.165) is 19.4 Å². The van der Waals surface area contributed by atoms with Crippen LogP contribution in [-0.4, -0.2) is 34.1 Å². The van der Waals surface area contributed by atoms with Gasteiger partial charge in [-0.15, -0.1) is 0 Å². The third-order valence-electron chi connectivity index (χ3n) is 2.53. The fourth-order valence-corrected chi connectivity index (χ4v) is 1.92. The lowest BCUT2D eigenvalue weighted by molar-refractivity contribution is -0.135. The summed E-state index contributed by atoms with van der Waals surface area (Å²) in [6.07, 6.45) is 1.86. The van der Waals surface area contributed by atoms with E-state index in [1.165, 1.54) is 0 Å². The maximum Gasteiger partial charge on any atom is 0.260 e. The van der Waals surface area contributed by atoms with Crippen molar-refractivity contribution in [1.82, 2.24) is 10.4 Å². The van der Waals surface area contributed by atoms with Gasteiger partial charge in [0.05, 0.1) is 6.04 Å². The van der Waals surface area contributed by atoms with Crippen LogP contribution in [0.4, 0.5) is 0 Å². The number of carbonyl (C=O) groups is 1. The smallest absolute Gasteiger partial charge is 0.260 e. The van der Waals surface area contributed by atoms with Crippen LogP contribution in [0, 0.1) is 0 Å². The standard InChI is InChI=1S/C9H18N2O2/c1-9(2,3)11-6-4-5-7(11)8(12)10-13/h7,13H,4-6H2,1-3H3,(H,10,12)/t7-/m1/s1. The van der Waals surface area contributed by atoms with Crippen molar-refractivity contribution in [3.8, 4) is 0 Å². The van der Waals surface area contributed by atoms with E-state index < -0.39 is 0 Å². The molecule has 0 aliphatic carbocycles. The topological polar surface area (TPSA) is 52.6 Å². The normalized spacial score (nSPS) is 24.8. The van der Waals surface area contributed by atoms with Crippen molar-refractivity contribution in [3.05, 3.63) is 0 Å². The Morgan fingerprint density at radius 1 is 1.54 bits per heavy atom. The zero-order valence-electron chi connectivity index (χ0n) is 8.50. The van der Waals surface area contributed by atoms with Gasteiger partial charge in [0.25, 0.3) is 5.91 Å². The molecule has 0 saturated carbocycles. The number of carbonyl (C=O) groups excluding carboxylic acids is 1. The number of nitrogens with zero attached hydrogens (tertiary/aromatic N) is 1. The molecule has 76 valence electrons. The fraction of sp³-hybridized carbons (Fsp3) is 0.889. The number of amides is 1. The second-order valence-electron chi connectivity index (χ2n) is 4.50. The summed E-state index contributed by atoms with van der Waals surface area (Å²) in [5.41, 5.74) is 1.72. The first kappa shape index (κ1) is 10.5. The van der Waals surface area contributed by atoms with Crippen LogP contribution in [0.2, 0.25) is 0 Å². The number of hydroxylamine groups is 1. The molecular formula is C9H18N2O2. The minimum absolute atomic E-state index is 0.00627. The number of likely N-dealkylation sites (tertiary alicyclic amines) is 1. The lowest BCUT2D eigenvalue weighted by Crippen LogP contribution is -2.50. The Kier molecular flexibility index (Phi) is 2.93. The Hall–Kier alpha value is -0.610. The van der Waals surface area contributed by atoms with Crippen LogP contribution < -0.4 is 5.48 Å². The molecule has 1 rings (SSSR count). The summed E-state index contributed by atoms with van der Waals surface area (Å²) in [6, 6.07) is -0.162. The quantitative estimate of drug-likeness (QED) is 0.469. The van der Waals surface area contributed by atoms with Crippen molar-refractivity contribution in [2.24, 2.45) is 0 Å². The third kappa shape index (κ3) is 2.19. The Labute approximate surface area is 78.9 Å². The van der Waals surface area contributed by atoms with Gasteiger partial charge in [0, 0.05) is 5.54 Å². The van der Waals surface area contributed by atoms with Gasteiger partial charge in [0.15, 0.2) is 0 Å². The Balaban J connectivity index is 2.70. The Morgan fingerprint density at radius 2 is 2.15 bits per heavy atom. The average Bonchev–Trinajstić information content (AvgIpc) is 2.49. The van der Waals surface area contributed by atoms with E-state index in [1.54, 1.807) is 5.48 Å². The molecule has 0 aromatic rings. The van der Waals surface area contributed by atoms with E-state index in [1.807, 2.05) is 0 Å². The van der Waals surface area contributed by atoms with Gasteiger partial charge in [-0.3, -0.25) is 14.9 Å². The lowest BCUT2D eigenvalue weighted by atomic mass is 10.0. The molecule has 1 aliphatic rings. The number of hydrogen-bond donors (Lipinski definition) is 2. The second kappa shape index (κ2) is 3.64. The summed E-state index contributed by atoms with van der Waals surface area (Å²) in [6.45, 7) is 7.17. The molecule has 0 unspecified atom stereocenters. The molecule has 1 fully saturated rings. The predicted octanol–water partition coefficient (Wildman–Crippen LogP) is 0.755. The number of hydrogen-bond acceptors (Lipinski definition) is 3. The van der Waals surface area contributed by atoms with Crippen molar-refractivity contribution >= 4 is 5.91 Å². The largest absolute Gasteiger partial charge is 0.289 e. The van der Waals surface area contributed by atoms with Gasteiger partial charge in [-0.25, -0.2) is 5.48 Å². The average molecular weight is 186 g/mol. The van der Waals surface area contributed by atoms with Crippen molar-refractivity contribution in [3.63, 3.8) is 0 Å². The molecule has 13 heavy (non-hydrogen) atoms. The summed E-state index contributed by atoms with van der Waals surface area (Å²) >= 11 is 0. The Bertz CT molecular complexity index is 198. The van der Waals surface area contributed by atoms with Gasteiger partial charge >= 0.3 is 0 Å². The van der Waals surface area contributed by atoms with Crippen molar-refractivity contribution < 1.29 is 10.0 Å². The van der Waals surface area contributed by atoms with Crippen LogP contribution in [-0.2, 0) is 4.79 Å². The summed E-state index contributed by atoms with van der Waals surface area (Å²) in [5, 5.41) is 8.55. The van der Waals surface area contributed by atoms with E-state index in [4.69, 9.17) is 5.21 Å². The van der Waals surface area contributed by atoms with Crippen LogP contribution in [0.15, 0.2) is 0 Å². The Morgan fingerprint density at radius 3 is 2.62 bits per heavy atom. The second-order valence-corrected chi connectivity index (χ2v) is 4.50. The van der Waals surface area contributed by atoms with Gasteiger partial charge in [-0.2, -0.15) is 0 Å². The van der Waals surface area contributed by atoms with E-state index in [-0.39, 0.29) is 17.5 Å². The molecule has 0 aromatic carbocycles. The molecule has 0 aromatic heterocycles. The molecule has 1 heterocycles. The van der Waals surface area contributed by atoms with E-state index in [9.17, 15) is 4.79 Å². The van der Waals surface area contributed by atoms with Gasteiger partial charge in [-0.1, -0.05) is 0 Å². The van der Waals surface area contributed by atoms with Gasteiger partial charge in [0.1, 0.15) is 0 Å². The molecule has 0 radical (unpaired) electrons. The zero-order chi connectivity index (χ0) is 10.1. The first-order valence-electron chi connectivity index (χ1n) is 4.67. The third-order valence-corrected chi connectivity index (χ3v) is 2.53. The molecular weight excluding hydrogens is 168 g/mol. The monoisotopic (exact) mass is 186 g/mol. The molecule has 1 amide bonds. The highest BCUT2D eigenvalue weighted by Crippen LogP contribution is 2.26. The van der Waals surface area contributed by atoms with E-state index in [2.05, 4.69) is 25.7 Å². The number of nitrogens with one attached hydrogen (secondary N) is 1. The van der Waals surface area contributed by atoms with Crippen LogP contribution in [0.25, 0.3) is 0 Å². The van der Waals surface area contributed by atoms with Crippen molar-refractivity contribution in [1.29, 1.82) is 0 Å². The van der Waals surface area contributed by atoms with Gasteiger partial charge in [-0.05, 0) is 40.2 Å². The first-order valence-corrected chi connectivity index (χ1v) is 4.67. The van der Waals surface area contributed by atoms with E-state index >= 15 is 0 Å². The molecule has 1 atom stereocenters. The summed E-state index contributed by atoms with van der Waals surface area (Å²) in [7, 11) is 0. The highest BCUT2D eigenvalue weighted by molar-refractivity contribution is 5.80. The van der Waals surface area contributed by atoms with Crippen LogP contribution in [0.1, 0.15) is 33.6 Å². The van der Waals surface area contributed by atoms with E-state index in [0.29, 0.717) is 0 Å². The number of rotatable bonds is 1. The maximum absolute atomic E-state index is 11.3. The SMILES string of the molecule is CC(C)(C)N1CCC[C@@H]1C(=O)NO.